The maximum absolute atomic E-state index is 11.1. The molecular formula is C14H24O. The molecule has 0 heterocycles. The summed E-state index contributed by atoms with van der Waals surface area (Å²) in [4.78, 5) is 11.1. The fourth-order valence-electron chi connectivity index (χ4n) is 2.77. The van der Waals surface area contributed by atoms with Crippen molar-refractivity contribution in [2.24, 2.45) is 16.7 Å². The smallest absolute Gasteiger partial charge is 0.152 e. The first-order valence-corrected chi connectivity index (χ1v) is 5.99. The topological polar surface area (TPSA) is 17.1 Å². The molecule has 1 rings (SSSR count). The standard InChI is InChI=1S/C14H24O/c1-11-7-6-9-13(3,4)14(11,5)10-8-12(2)15/h8,10-11H,6-7,9H2,1-5H3/b10-8+. The average Bonchev–Trinajstić information content (AvgIpc) is 2.11. The van der Waals surface area contributed by atoms with Crippen molar-refractivity contribution in [3.05, 3.63) is 12.2 Å². The van der Waals surface area contributed by atoms with Crippen LogP contribution in [0, 0.1) is 16.7 Å². The maximum Gasteiger partial charge on any atom is 0.152 e. The van der Waals surface area contributed by atoms with Crippen molar-refractivity contribution in [2.75, 3.05) is 0 Å². The number of carbonyl (C=O) groups excluding carboxylic acids is 1. The van der Waals surface area contributed by atoms with Gasteiger partial charge in [-0.2, -0.15) is 0 Å². The van der Waals surface area contributed by atoms with Crippen molar-refractivity contribution >= 4 is 5.78 Å². The van der Waals surface area contributed by atoms with Crippen LogP contribution in [0.3, 0.4) is 0 Å². The normalized spacial score (nSPS) is 35.7. The predicted molar refractivity (Wildman–Crippen MR) is 64.7 cm³/mol. The molecule has 0 radical (unpaired) electrons. The molecule has 0 saturated heterocycles. The molecule has 2 unspecified atom stereocenters. The van der Waals surface area contributed by atoms with E-state index in [1.165, 1.54) is 19.3 Å². The van der Waals surface area contributed by atoms with Gasteiger partial charge in [-0.15, -0.1) is 0 Å². The number of hydrogen-bond acceptors (Lipinski definition) is 1. The zero-order valence-electron chi connectivity index (χ0n) is 10.8. The fraction of sp³-hybridized carbons (Fsp3) is 0.786. The molecule has 1 aliphatic carbocycles. The first-order valence-electron chi connectivity index (χ1n) is 5.99. The molecule has 0 spiro atoms. The summed E-state index contributed by atoms with van der Waals surface area (Å²) in [6, 6.07) is 0. The lowest BCUT2D eigenvalue weighted by molar-refractivity contribution is -0.112. The van der Waals surface area contributed by atoms with Crippen molar-refractivity contribution in [3.63, 3.8) is 0 Å². The van der Waals surface area contributed by atoms with E-state index in [9.17, 15) is 4.79 Å². The van der Waals surface area contributed by atoms with Crippen LogP contribution in [0.4, 0.5) is 0 Å². The molecule has 1 aliphatic rings. The molecule has 1 saturated carbocycles. The van der Waals surface area contributed by atoms with Gasteiger partial charge < -0.3 is 0 Å². The van der Waals surface area contributed by atoms with Crippen LogP contribution in [0.2, 0.25) is 0 Å². The Bertz CT molecular complexity index is 275. The van der Waals surface area contributed by atoms with Crippen LogP contribution in [0.1, 0.15) is 53.9 Å². The van der Waals surface area contributed by atoms with Gasteiger partial charge in [-0.1, -0.05) is 40.2 Å². The van der Waals surface area contributed by atoms with E-state index in [1.807, 2.05) is 0 Å². The van der Waals surface area contributed by atoms with Crippen LogP contribution in [-0.2, 0) is 4.79 Å². The molecule has 86 valence electrons. The summed E-state index contributed by atoms with van der Waals surface area (Å²) < 4.78 is 0. The molecule has 1 nitrogen and oxygen atoms in total. The monoisotopic (exact) mass is 208 g/mol. The van der Waals surface area contributed by atoms with Gasteiger partial charge in [0.15, 0.2) is 5.78 Å². The highest BCUT2D eigenvalue weighted by atomic mass is 16.1. The lowest BCUT2D eigenvalue weighted by atomic mass is 9.54. The summed E-state index contributed by atoms with van der Waals surface area (Å²) in [6.07, 6.45) is 7.76. The Morgan fingerprint density at radius 2 is 1.93 bits per heavy atom. The van der Waals surface area contributed by atoms with E-state index in [0.717, 1.165) is 0 Å². The van der Waals surface area contributed by atoms with Crippen LogP contribution in [0.25, 0.3) is 0 Å². The van der Waals surface area contributed by atoms with Crippen LogP contribution < -0.4 is 0 Å². The largest absolute Gasteiger partial charge is 0.295 e. The number of allylic oxidation sites excluding steroid dienone is 2. The molecule has 1 fully saturated rings. The Balaban J connectivity index is 2.98. The zero-order chi connectivity index (χ0) is 11.7. The number of rotatable bonds is 2. The molecule has 1 heteroatoms. The second-order valence-corrected chi connectivity index (χ2v) is 5.90. The molecule has 0 aromatic heterocycles. The van der Waals surface area contributed by atoms with E-state index in [-0.39, 0.29) is 11.2 Å². The molecule has 0 N–H and O–H groups in total. The van der Waals surface area contributed by atoms with Crippen molar-refractivity contribution in [2.45, 2.75) is 53.9 Å². The van der Waals surface area contributed by atoms with E-state index < -0.39 is 0 Å². The van der Waals surface area contributed by atoms with Gasteiger partial charge in [0.2, 0.25) is 0 Å². The summed E-state index contributed by atoms with van der Waals surface area (Å²) in [5.41, 5.74) is 0.466. The van der Waals surface area contributed by atoms with Crippen molar-refractivity contribution in [1.82, 2.24) is 0 Å². The SMILES string of the molecule is CC(=O)/C=C/C1(C)C(C)CCCC1(C)C. The van der Waals surface area contributed by atoms with E-state index in [2.05, 4.69) is 33.8 Å². The summed E-state index contributed by atoms with van der Waals surface area (Å²) in [5.74, 6) is 0.821. The first-order chi connectivity index (χ1) is 6.79. The minimum atomic E-state index is 0.157. The summed E-state index contributed by atoms with van der Waals surface area (Å²) in [7, 11) is 0. The van der Waals surface area contributed by atoms with Crippen molar-refractivity contribution in [1.29, 1.82) is 0 Å². The number of hydrogen-bond donors (Lipinski definition) is 0. The van der Waals surface area contributed by atoms with Crippen LogP contribution >= 0.6 is 0 Å². The Morgan fingerprint density at radius 1 is 1.33 bits per heavy atom. The van der Waals surface area contributed by atoms with Crippen LogP contribution in [0.15, 0.2) is 12.2 Å². The second-order valence-electron chi connectivity index (χ2n) is 5.90. The first kappa shape index (κ1) is 12.5. The van der Waals surface area contributed by atoms with Gasteiger partial charge in [0.1, 0.15) is 0 Å². The Labute approximate surface area is 93.9 Å². The predicted octanol–water partition coefficient (Wildman–Crippen LogP) is 3.98. The van der Waals surface area contributed by atoms with E-state index in [1.54, 1.807) is 13.0 Å². The van der Waals surface area contributed by atoms with Gasteiger partial charge in [0.25, 0.3) is 0 Å². The van der Waals surface area contributed by atoms with Gasteiger partial charge in [0.05, 0.1) is 0 Å². The molecule has 15 heavy (non-hydrogen) atoms. The summed E-state index contributed by atoms with van der Waals surface area (Å²) >= 11 is 0. The van der Waals surface area contributed by atoms with Crippen LogP contribution in [-0.4, -0.2) is 5.78 Å². The highest BCUT2D eigenvalue weighted by molar-refractivity contribution is 5.87. The third-order valence-corrected chi connectivity index (χ3v) is 4.59. The lowest BCUT2D eigenvalue weighted by Gasteiger charge is -2.50. The maximum atomic E-state index is 11.1. The summed E-state index contributed by atoms with van der Waals surface area (Å²) in [6.45, 7) is 10.9. The Morgan fingerprint density at radius 3 is 2.40 bits per heavy atom. The van der Waals surface area contributed by atoms with E-state index >= 15 is 0 Å². The third kappa shape index (κ3) is 2.32. The molecule has 0 aliphatic heterocycles. The van der Waals surface area contributed by atoms with Gasteiger partial charge >= 0.3 is 0 Å². The highest BCUT2D eigenvalue weighted by Gasteiger charge is 2.45. The van der Waals surface area contributed by atoms with Gasteiger partial charge in [-0.05, 0) is 42.6 Å². The van der Waals surface area contributed by atoms with Crippen molar-refractivity contribution in [3.8, 4) is 0 Å². The molecule has 0 bridgehead atoms. The minimum absolute atomic E-state index is 0.157. The van der Waals surface area contributed by atoms with Gasteiger partial charge in [0, 0.05) is 0 Å². The Hall–Kier alpha value is -0.590. The summed E-state index contributed by atoms with van der Waals surface area (Å²) in [5, 5.41) is 0. The molecule has 0 aromatic carbocycles. The Kier molecular flexibility index (Phi) is 3.42. The fourth-order valence-corrected chi connectivity index (χ4v) is 2.77. The number of carbonyl (C=O) groups is 1. The third-order valence-electron chi connectivity index (χ3n) is 4.59. The van der Waals surface area contributed by atoms with Gasteiger partial charge in [-0.3, -0.25) is 4.79 Å². The zero-order valence-corrected chi connectivity index (χ0v) is 10.8. The quantitative estimate of drug-likeness (QED) is 0.627. The van der Waals surface area contributed by atoms with Gasteiger partial charge in [-0.25, -0.2) is 0 Å². The van der Waals surface area contributed by atoms with E-state index in [0.29, 0.717) is 11.3 Å². The minimum Gasteiger partial charge on any atom is -0.295 e. The highest BCUT2D eigenvalue weighted by Crippen LogP contribution is 2.54. The molecule has 0 aromatic rings. The molecular weight excluding hydrogens is 184 g/mol. The van der Waals surface area contributed by atoms with Crippen molar-refractivity contribution < 1.29 is 4.79 Å². The molecule has 0 amide bonds. The molecule has 2 atom stereocenters. The van der Waals surface area contributed by atoms with E-state index in [4.69, 9.17) is 0 Å². The second kappa shape index (κ2) is 4.11. The van der Waals surface area contributed by atoms with Crippen LogP contribution in [0.5, 0.6) is 0 Å². The lowest BCUT2D eigenvalue weighted by Crippen LogP contribution is -2.42. The number of ketones is 1. The average molecular weight is 208 g/mol.